The Kier molecular flexibility index (Phi) is 8.49. The molecule has 3 saturated carbocycles. The lowest BCUT2D eigenvalue weighted by Crippen LogP contribution is -2.70. The fourth-order valence-corrected chi connectivity index (χ4v) is 11.5. The van der Waals surface area contributed by atoms with E-state index in [1.165, 1.54) is 12.5 Å². The van der Waals surface area contributed by atoms with Crippen LogP contribution in [0.25, 0.3) is 0 Å². The fraction of sp³-hybridized carbons (Fsp3) is 0.886. The quantitative estimate of drug-likeness (QED) is 0.254. The summed E-state index contributed by atoms with van der Waals surface area (Å²) in [6, 6.07) is 0. The fourth-order valence-electron chi connectivity index (χ4n) is 11.5. The maximum atomic E-state index is 13.3. The van der Waals surface area contributed by atoms with Crippen LogP contribution in [0.5, 0.6) is 0 Å². The third kappa shape index (κ3) is 4.67. The summed E-state index contributed by atoms with van der Waals surface area (Å²) < 4.78 is 18.7. The van der Waals surface area contributed by atoms with Crippen molar-refractivity contribution in [2.24, 2.45) is 56.7 Å². The summed E-state index contributed by atoms with van der Waals surface area (Å²) in [7, 11) is 0. The number of hydrogen-bond acceptors (Lipinski definition) is 7. The van der Waals surface area contributed by atoms with Gasteiger partial charge >= 0.3 is 11.9 Å². The zero-order valence-electron chi connectivity index (χ0n) is 27.7. The minimum absolute atomic E-state index is 0.0415. The second kappa shape index (κ2) is 11.1. The molecule has 1 saturated heterocycles. The van der Waals surface area contributed by atoms with Crippen LogP contribution in [-0.2, 0) is 23.8 Å². The highest BCUT2D eigenvalue weighted by atomic mass is 16.6. The molecule has 0 aromatic carbocycles. The molecule has 1 aliphatic heterocycles. The molecule has 43 heavy (non-hydrogen) atoms. The largest absolute Gasteiger partial charge is 0.481 e. The van der Waals surface area contributed by atoms with Crippen molar-refractivity contribution in [3.8, 4) is 0 Å². The van der Waals surface area contributed by atoms with Gasteiger partial charge in [0.25, 0.3) is 0 Å². The number of aliphatic carboxylic acids is 1. The third-order valence-electron chi connectivity index (χ3n) is 14.1. The molecule has 5 rings (SSSR count). The lowest BCUT2D eigenvalue weighted by molar-refractivity contribution is -0.270. The van der Waals surface area contributed by atoms with Gasteiger partial charge in [0, 0.05) is 17.8 Å². The number of ether oxygens (including phenoxy) is 3. The standard InChI is InChI=1S/C35H56O8/c1-20(2)21(3)31(5)13-14-33(7)24-9-10-27-32(6)18-41-19-35(27,25(24)11-12-34(33,8)28(31)30(39)40)15-26(43-22(4)37)29(32)42-17-23(38)16-36/h11,20-21,23-24,26-29,36,38H,9-10,12-19H2,1-8H3,(H,39,40)/t21-,23+,24+,26-,27+,28-,29?,31-,32+,33-,34+,35+/m1/s1. The van der Waals surface area contributed by atoms with Crippen LogP contribution in [0.15, 0.2) is 11.6 Å². The van der Waals surface area contributed by atoms with Gasteiger partial charge in [0.2, 0.25) is 0 Å². The van der Waals surface area contributed by atoms with E-state index in [4.69, 9.17) is 14.2 Å². The van der Waals surface area contributed by atoms with Crippen LogP contribution in [0.1, 0.15) is 93.9 Å². The molecule has 8 heteroatoms. The molecule has 2 bridgehead atoms. The second-order valence-electron chi connectivity index (χ2n) is 16.3. The number of carbonyl (C=O) groups is 2. The first-order valence-electron chi connectivity index (χ1n) is 16.6. The van der Waals surface area contributed by atoms with Crippen molar-refractivity contribution >= 4 is 11.9 Å². The highest BCUT2D eigenvalue weighted by Crippen LogP contribution is 2.75. The van der Waals surface area contributed by atoms with Crippen LogP contribution in [0.4, 0.5) is 0 Å². The first-order chi connectivity index (χ1) is 20.0. The zero-order chi connectivity index (χ0) is 31.8. The van der Waals surface area contributed by atoms with Gasteiger partial charge in [-0.15, -0.1) is 0 Å². The summed E-state index contributed by atoms with van der Waals surface area (Å²) in [5.74, 6) is -0.343. The van der Waals surface area contributed by atoms with Crippen LogP contribution in [-0.4, -0.2) is 72.0 Å². The molecular weight excluding hydrogens is 548 g/mol. The van der Waals surface area contributed by atoms with Gasteiger partial charge in [0.05, 0.1) is 32.3 Å². The number of aliphatic hydroxyl groups is 2. The first kappa shape index (κ1) is 32.9. The van der Waals surface area contributed by atoms with E-state index >= 15 is 0 Å². The van der Waals surface area contributed by atoms with E-state index in [1.807, 2.05) is 0 Å². The average molecular weight is 605 g/mol. The van der Waals surface area contributed by atoms with Gasteiger partial charge in [-0.25, -0.2) is 0 Å². The molecule has 0 spiro atoms. The van der Waals surface area contributed by atoms with Crippen molar-refractivity contribution in [2.45, 2.75) is 112 Å². The Morgan fingerprint density at radius 2 is 1.77 bits per heavy atom. The molecule has 0 aromatic heterocycles. The van der Waals surface area contributed by atoms with E-state index in [-0.39, 0.29) is 46.6 Å². The summed E-state index contributed by atoms with van der Waals surface area (Å²) in [4.78, 5) is 25.7. The number of carboxylic acids is 1. The highest BCUT2D eigenvalue weighted by molar-refractivity contribution is 5.73. The average Bonchev–Trinajstić information content (AvgIpc) is 2.92. The lowest BCUT2D eigenvalue weighted by atomic mass is 9.34. The van der Waals surface area contributed by atoms with E-state index in [2.05, 4.69) is 54.5 Å². The third-order valence-corrected chi connectivity index (χ3v) is 14.1. The SMILES string of the molecule is CC(=O)O[C@@H]1C[C@@]23COC[C@](C)(C1OC[C@@H](O)CO)[C@@H]2CC[C@H]1C3=CC[C@@]2(C)[C@H](C(=O)O)[C@@](C)([C@H](C)C(C)C)CC[C@]12C. The van der Waals surface area contributed by atoms with Gasteiger partial charge in [-0.05, 0) is 78.4 Å². The molecule has 4 aliphatic carbocycles. The molecule has 3 N–H and O–H groups in total. The molecule has 1 heterocycles. The Morgan fingerprint density at radius 3 is 2.37 bits per heavy atom. The zero-order valence-corrected chi connectivity index (χ0v) is 27.7. The van der Waals surface area contributed by atoms with Crippen molar-refractivity contribution in [1.82, 2.24) is 0 Å². The van der Waals surface area contributed by atoms with Crippen molar-refractivity contribution in [3.05, 3.63) is 11.6 Å². The molecule has 0 radical (unpaired) electrons. The summed E-state index contributed by atoms with van der Waals surface area (Å²) in [6.07, 6.45) is 5.49. The molecule has 12 atom stereocenters. The van der Waals surface area contributed by atoms with Crippen LogP contribution in [0, 0.1) is 56.7 Å². The summed E-state index contributed by atoms with van der Waals surface area (Å²) in [6.45, 7) is 17.7. The predicted molar refractivity (Wildman–Crippen MR) is 162 cm³/mol. The van der Waals surface area contributed by atoms with Gasteiger partial charge in [-0.3, -0.25) is 9.59 Å². The molecular formula is C35H56O8. The molecule has 0 aromatic rings. The lowest BCUT2D eigenvalue weighted by Gasteiger charge is -2.71. The second-order valence-corrected chi connectivity index (χ2v) is 16.3. The first-order valence-corrected chi connectivity index (χ1v) is 16.6. The Hall–Kier alpha value is -1.48. The molecule has 4 fully saturated rings. The molecule has 5 aliphatic rings. The minimum Gasteiger partial charge on any atom is -0.481 e. The van der Waals surface area contributed by atoms with E-state index in [0.29, 0.717) is 32.0 Å². The minimum atomic E-state index is -1.01. The molecule has 244 valence electrons. The number of esters is 1. The number of allylic oxidation sites excluding steroid dienone is 1. The van der Waals surface area contributed by atoms with E-state index in [9.17, 15) is 24.9 Å². The summed E-state index contributed by atoms with van der Waals surface area (Å²) >= 11 is 0. The number of carboxylic acid groups (broad SMARTS) is 1. The normalized spacial score (nSPS) is 47.0. The van der Waals surface area contributed by atoms with Crippen LogP contribution >= 0.6 is 0 Å². The van der Waals surface area contributed by atoms with Gasteiger partial charge in [-0.2, -0.15) is 0 Å². The molecule has 1 unspecified atom stereocenters. The van der Waals surface area contributed by atoms with E-state index in [0.717, 1.165) is 25.7 Å². The Labute approximate surface area is 257 Å². The van der Waals surface area contributed by atoms with Gasteiger partial charge in [-0.1, -0.05) is 60.1 Å². The van der Waals surface area contributed by atoms with E-state index in [1.54, 1.807) is 0 Å². The highest BCUT2D eigenvalue weighted by Gasteiger charge is 2.72. The Bertz CT molecular complexity index is 1130. The van der Waals surface area contributed by atoms with Crippen molar-refractivity contribution < 1.29 is 39.1 Å². The number of hydrogen-bond donors (Lipinski definition) is 3. The molecule has 0 amide bonds. The number of rotatable bonds is 8. The summed E-state index contributed by atoms with van der Waals surface area (Å²) in [5.41, 5.74) is -0.302. The van der Waals surface area contributed by atoms with Gasteiger partial charge in [0.1, 0.15) is 18.3 Å². The topological polar surface area (TPSA) is 123 Å². The Morgan fingerprint density at radius 1 is 1.07 bits per heavy atom. The van der Waals surface area contributed by atoms with Crippen molar-refractivity contribution in [3.63, 3.8) is 0 Å². The van der Waals surface area contributed by atoms with Crippen LogP contribution in [0.2, 0.25) is 0 Å². The van der Waals surface area contributed by atoms with Crippen molar-refractivity contribution in [2.75, 3.05) is 26.4 Å². The van der Waals surface area contributed by atoms with Crippen molar-refractivity contribution in [1.29, 1.82) is 0 Å². The maximum absolute atomic E-state index is 13.3. The maximum Gasteiger partial charge on any atom is 0.307 e. The predicted octanol–water partition coefficient (Wildman–Crippen LogP) is 5.25. The number of aliphatic hydroxyl groups excluding tert-OH is 2. The number of fused-ring (bicyclic) bond motifs is 3. The van der Waals surface area contributed by atoms with Gasteiger partial charge < -0.3 is 29.5 Å². The Balaban J connectivity index is 1.58. The van der Waals surface area contributed by atoms with E-state index < -0.39 is 47.6 Å². The molecule has 8 nitrogen and oxygen atoms in total. The monoisotopic (exact) mass is 604 g/mol. The smallest absolute Gasteiger partial charge is 0.307 e. The number of carbonyl (C=O) groups excluding carboxylic acids is 1. The summed E-state index contributed by atoms with van der Waals surface area (Å²) in [5, 5.41) is 30.4. The van der Waals surface area contributed by atoms with Crippen LogP contribution in [0.3, 0.4) is 0 Å². The van der Waals surface area contributed by atoms with Crippen LogP contribution < -0.4 is 0 Å². The van der Waals surface area contributed by atoms with Gasteiger partial charge in [0.15, 0.2) is 0 Å².